The van der Waals surface area contributed by atoms with Crippen LogP contribution in [0.15, 0.2) is 82.5 Å². The van der Waals surface area contributed by atoms with Crippen LogP contribution in [0.3, 0.4) is 0 Å². The van der Waals surface area contributed by atoms with Gasteiger partial charge in [-0.05, 0) is 50.7 Å². The van der Waals surface area contributed by atoms with E-state index < -0.39 is 53.0 Å². The van der Waals surface area contributed by atoms with E-state index >= 15 is 0 Å². The quantitative estimate of drug-likeness (QED) is 0.0783. The molecule has 1 saturated heterocycles. The number of aromatic nitrogens is 1. The Hall–Kier alpha value is -4.67. The van der Waals surface area contributed by atoms with Crippen molar-refractivity contribution in [3.05, 3.63) is 94.1 Å². The monoisotopic (exact) mass is 751 g/mol. The number of ether oxygens (including phenoxy) is 2. The van der Waals surface area contributed by atoms with Crippen LogP contribution in [0, 0.1) is 0 Å². The first-order valence-electron chi connectivity index (χ1n) is 15.8. The lowest BCUT2D eigenvalue weighted by Gasteiger charge is -2.49. The van der Waals surface area contributed by atoms with Crippen molar-refractivity contribution in [2.75, 3.05) is 23.1 Å². The average Bonchev–Trinajstić information content (AvgIpc) is 3.57. The van der Waals surface area contributed by atoms with Crippen molar-refractivity contribution in [3.8, 4) is 0 Å². The van der Waals surface area contributed by atoms with Crippen molar-refractivity contribution in [2.24, 2.45) is 5.16 Å². The number of fused-ring (bicyclic) bond motifs is 1. The van der Waals surface area contributed by atoms with E-state index in [1.54, 1.807) is 20.8 Å². The molecule has 3 amide bonds. The van der Waals surface area contributed by atoms with E-state index in [4.69, 9.17) is 14.3 Å². The summed E-state index contributed by atoms with van der Waals surface area (Å²) in [6.07, 6.45) is 0.440. The van der Waals surface area contributed by atoms with Crippen LogP contribution in [0.5, 0.6) is 0 Å². The van der Waals surface area contributed by atoms with Gasteiger partial charge in [0.2, 0.25) is 12.5 Å². The molecule has 51 heavy (non-hydrogen) atoms. The number of nitrogens with one attached hydrogen (secondary N) is 2. The van der Waals surface area contributed by atoms with Crippen LogP contribution < -0.4 is 10.6 Å². The fourth-order valence-electron chi connectivity index (χ4n) is 5.18. The molecule has 0 bridgehead atoms. The molecule has 2 N–H and O–H groups in total. The highest BCUT2D eigenvalue weighted by molar-refractivity contribution is 8.00. The van der Waals surface area contributed by atoms with Gasteiger partial charge < -0.3 is 24.9 Å². The smallest absolute Gasteiger partial charge is 0.356 e. The number of carbonyl (C=O) groups is 5. The van der Waals surface area contributed by atoms with Gasteiger partial charge in [0.25, 0.3) is 11.8 Å². The molecular weight excluding hydrogens is 715 g/mol. The largest absolute Gasteiger partial charge is 0.457 e. The average molecular weight is 752 g/mol. The maximum absolute atomic E-state index is 14.1. The number of hydrogen-bond acceptors (Lipinski definition) is 13. The highest BCUT2D eigenvalue weighted by atomic mass is 32.2. The van der Waals surface area contributed by atoms with E-state index in [1.807, 2.05) is 66.9 Å². The molecule has 268 valence electrons. The molecule has 13 nitrogen and oxygen atoms in total. The van der Waals surface area contributed by atoms with Gasteiger partial charge in [0.15, 0.2) is 16.9 Å². The van der Waals surface area contributed by atoms with Gasteiger partial charge in [-0.3, -0.25) is 19.3 Å². The molecule has 2 aliphatic rings. The normalized spacial score (nSPS) is 18.0. The van der Waals surface area contributed by atoms with Crippen molar-refractivity contribution in [1.29, 1.82) is 0 Å². The van der Waals surface area contributed by atoms with Crippen LogP contribution in [-0.2, 0) is 38.3 Å². The van der Waals surface area contributed by atoms with E-state index in [2.05, 4.69) is 20.8 Å². The van der Waals surface area contributed by atoms with Crippen LogP contribution >= 0.6 is 34.9 Å². The number of amides is 3. The lowest BCUT2D eigenvalue weighted by atomic mass is 10.0. The standard InChI is InChI=1S/C35H37N5O8S3/c1-20(32(44)47-35(2,3)4)48-39-25(24-18-51-34(37-24)36-19-41)29(42)38-26-30(43)40-27(23(16-49-5)17-50-31(26)40)33(45)46-28(21-12-8-6-9-13-21)22-14-10-7-11-15-22/h6-15,18-20,26,28,31H,16-17H2,1-5H3,(H,38,42)(H,36,37,41)/b39-25+/t20?,26?,31-/m1/s1. The number of carbonyl (C=O) groups excluding carboxylic acids is 5. The number of hydrogen-bond donors (Lipinski definition) is 2. The number of β-lactam (4-membered cyclic amide) rings is 1. The van der Waals surface area contributed by atoms with Crippen molar-refractivity contribution >= 4 is 75.9 Å². The fraction of sp³-hybridized carbons (Fsp3) is 0.343. The molecule has 16 heteroatoms. The summed E-state index contributed by atoms with van der Waals surface area (Å²) in [6.45, 7) is 6.52. The maximum atomic E-state index is 14.1. The van der Waals surface area contributed by atoms with Gasteiger partial charge in [-0.2, -0.15) is 11.8 Å². The van der Waals surface area contributed by atoms with Gasteiger partial charge in [0.05, 0.1) is 0 Å². The topological polar surface area (TPSA) is 166 Å². The summed E-state index contributed by atoms with van der Waals surface area (Å²) in [5, 5.41) is 10.1. The van der Waals surface area contributed by atoms with E-state index in [0.29, 0.717) is 17.9 Å². The van der Waals surface area contributed by atoms with E-state index in [0.717, 1.165) is 28.0 Å². The zero-order valence-electron chi connectivity index (χ0n) is 28.5. The fourth-order valence-corrected chi connectivity index (χ4v) is 7.89. The van der Waals surface area contributed by atoms with Crippen molar-refractivity contribution < 1.29 is 38.3 Å². The number of esters is 2. The van der Waals surface area contributed by atoms with Gasteiger partial charge in [-0.15, -0.1) is 23.1 Å². The third-order valence-corrected chi connectivity index (χ3v) is 10.2. The molecule has 0 saturated carbocycles. The Morgan fingerprint density at radius 1 is 1.10 bits per heavy atom. The molecule has 2 aliphatic heterocycles. The zero-order valence-corrected chi connectivity index (χ0v) is 30.9. The molecule has 3 atom stereocenters. The molecule has 3 aromatic rings. The van der Waals surface area contributed by atoms with Crippen molar-refractivity contribution in [2.45, 2.75) is 56.9 Å². The van der Waals surface area contributed by atoms with Crippen LogP contribution in [0.1, 0.15) is 50.6 Å². The number of thiazole rings is 1. The second kappa shape index (κ2) is 16.6. The molecule has 0 spiro atoms. The minimum absolute atomic E-state index is 0.0393. The molecule has 0 aliphatic carbocycles. The highest BCUT2D eigenvalue weighted by Gasteiger charge is 2.55. The maximum Gasteiger partial charge on any atom is 0.356 e. The number of rotatable bonds is 14. The minimum atomic E-state index is -1.18. The van der Waals surface area contributed by atoms with E-state index in [-0.39, 0.29) is 22.2 Å². The molecule has 5 rings (SSSR count). The molecule has 1 fully saturated rings. The number of oxime groups is 1. The van der Waals surface area contributed by atoms with Crippen LogP contribution in [-0.4, -0.2) is 86.6 Å². The first-order valence-corrected chi connectivity index (χ1v) is 19.1. The molecule has 1 aromatic heterocycles. The summed E-state index contributed by atoms with van der Waals surface area (Å²) >= 11 is 3.96. The second-order valence-electron chi connectivity index (χ2n) is 12.4. The highest BCUT2D eigenvalue weighted by Crippen LogP contribution is 2.42. The predicted molar refractivity (Wildman–Crippen MR) is 196 cm³/mol. The summed E-state index contributed by atoms with van der Waals surface area (Å²) < 4.78 is 11.5. The number of nitrogens with zero attached hydrogens (tertiary/aromatic N) is 3. The summed E-state index contributed by atoms with van der Waals surface area (Å²) in [5.74, 6) is -1.75. The van der Waals surface area contributed by atoms with E-state index in [9.17, 15) is 24.0 Å². The Labute approximate surface area is 307 Å². The molecule has 0 radical (unpaired) electrons. The summed E-state index contributed by atoms with van der Waals surface area (Å²) in [5.41, 5.74) is 1.38. The van der Waals surface area contributed by atoms with Crippen LogP contribution in [0.2, 0.25) is 0 Å². The zero-order chi connectivity index (χ0) is 36.7. The van der Waals surface area contributed by atoms with Gasteiger partial charge in [0, 0.05) is 16.9 Å². The van der Waals surface area contributed by atoms with Crippen molar-refractivity contribution in [3.63, 3.8) is 0 Å². The van der Waals surface area contributed by atoms with Crippen LogP contribution in [0.4, 0.5) is 5.13 Å². The van der Waals surface area contributed by atoms with Gasteiger partial charge in [-0.1, -0.05) is 65.8 Å². The summed E-state index contributed by atoms with van der Waals surface area (Å²) in [6, 6.07) is 17.7. The Kier molecular flexibility index (Phi) is 12.2. The van der Waals surface area contributed by atoms with E-state index in [1.165, 1.54) is 40.7 Å². The molecular formula is C35H37N5O8S3. The number of benzene rings is 2. The Morgan fingerprint density at radius 2 is 1.75 bits per heavy atom. The predicted octanol–water partition coefficient (Wildman–Crippen LogP) is 4.51. The third-order valence-electron chi connectivity index (χ3n) is 7.46. The van der Waals surface area contributed by atoms with Crippen molar-refractivity contribution in [1.82, 2.24) is 15.2 Å². The van der Waals surface area contributed by atoms with Gasteiger partial charge >= 0.3 is 11.9 Å². The number of thioether (sulfide) groups is 2. The Balaban J connectivity index is 1.38. The Morgan fingerprint density at radius 3 is 2.33 bits per heavy atom. The Bertz CT molecular complexity index is 1790. The summed E-state index contributed by atoms with van der Waals surface area (Å²) in [7, 11) is 0. The number of anilines is 1. The van der Waals surface area contributed by atoms with Crippen LogP contribution in [0.25, 0.3) is 0 Å². The molecule has 2 unspecified atom stereocenters. The minimum Gasteiger partial charge on any atom is -0.457 e. The lowest BCUT2D eigenvalue weighted by Crippen LogP contribution is -2.71. The first-order chi connectivity index (χ1) is 24.4. The SMILES string of the molecule is CSCC1=C(C(=O)OC(c2ccccc2)c2ccccc2)N2C(=O)C(NC(=O)/C(=N/OC(C)C(=O)OC(C)(C)C)c3csc(NC=O)n3)[C@H]2SC1. The lowest BCUT2D eigenvalue weighted by molar-refractivity contribution is -0.167. The van der Waals surface area contributed by atoms with Gasteiger partial charge in [-0.25, -0.2) is 14.6 Å². The second-order valence-corrected chi connectivity index (χ2v) is 15.2. The first kappa shape index (κ1) is 37.6. The third kappa shape index (κ3) is 8.98. The summed E-state index contributed by atoms with van der Waals surface area (Å²) in [4.78, 5) is 76.1. The molecule has 3 heterocycles. The van der Waals surface area contributed by atoms with Gasteiger partial charge in [0.1, 0.15) is 28.4 Å². The molecule has 2 aromatic carbocycles.